The van der Waals surface area contributed by atoms with Crippen LogP contribution in [0.4, 0.5) is 24.5 Å². The van der Waals surface area contributed by atoms with Gasteiger partial charge in [-0.1, -0.05) is 6.07 Å². The lowest BCUT2D eigenvalue weighted by molar-refractivity contribution is -0.138. The van der Waals surface area contributed by atoms with Crippen molar-refractivity contribution in [1.82, 2.24) is 14.5 Å². The standard InChI is InChI=1S/C32H34F3N5O4/c1-6-40-25-8-7-21(15-26(25)37(5)29(42)31(3,4)30(40)43)18-38(19-22-14-23(17-36-16-22)32(33,34)35)11-12-39-10-9-27-24(28(39)41)13-20(2)44-27/h7-10,13-17H,6,11-12,18-19H2,1-5H3. The van der Waals surface area contributed by atoms with Crippen LogP contribution in [0.5, 0.6) is 0 Å². The highest BCUT2D eigenvalue weighted by atomic mass is 19.4. The van der Waals surface area contributed by atoms with Crippen LogP contribution in [0, 0.1) is 12.3 Å². The Morgan fingerprint density at radius 1 is 0.955 bits per heavy atom. The minimum absolute atomic E-state index is 0.122. The van der Waals surface area contributed by atoms with E-state index in [0.29, 0.717) is 46.8 Å². The van der Waals surface area contributed by atoms with Crippen molar-refractivity contribution in [2.75, 3.05) is 29.9 Å². The molecule has 3 aromatic heterocycles. The van der Waals surface area contributed by atoms with Gasteiger partial charge in [0.1, 0.15) is 16.8 Å². The zero-order valence-electron chi connectivity index (χ0n) is 25.2. The third-order valence-electron chi connectivity index (χ3n) is 8.00. The number of pyridine rings is 2. The van der Waals surface area contributed by atoms with Crippen molar-refractivity contribution in [2.45, 2.75) is 53.5 Å². The fraction of sp³-hybridized carbons (Fsp3) is 0.375. The molecule has 1 aliphatic rings. The second-order valence-corrected chi connectivity index (χ2v) is 11.6. The first-order valence-corrected chi connectivity index (χ1v) is 14.3. The Hall–Kier alpha value is -4.45. The van der Waals surface area contributed by atoms with Gasteiger partial charge in [-0.05, 0) is 69.2 Å². The van der Waals surface area contributed by atoms with Crippen molar-refractivity contribution < 1.29 is 27.2 Å². The van der Waals surface area contributed by atoms with Crippen molar-refractivity contribution in [3.05, 3.63) is 87.8 Å². The molecule has 1 aromatic carbocycles. The summed E-state index contributed by atoms with van der Waals surface area (Å²) in [5.41, 5.74) is 0.467. The van der Waals surface area contributed by atoms with E-state index in [1.807, 2.05) is 24.0 Å². The molecular formula is C32H34F3N5O4. The maximum atomic E-state index is 13.4. The van der Waals surface area contributed by atoms with E-state index in [0.717, 1.165) is 17.8 Å². The first kappa shape index (κ1) is 31.0. The molecule has 4 heterocycles. The molecule has 0 aliphatic carbocycles. The zero-order valence-corrected chi connectivity index (χ0v) is 25.2. The van der Waals surface area contributed by atoms with Crippen molar-refractivity contribution >= 4 is 34.2 Å². The molecule has 0 radical (unpaired) electrons. The van der Waals surface area contributed by atoms with Crippen LogP contribution in [0.15, 0.2) is 64.2 Å². The van der Waals surface area contributed by atoms with Crippen LogP contribution in [-0.2, 0) is 35.4 Å². The lowest BCUT2D eigenvalue weighted by Crippen LogP contribution is -2.47. The summed E-state index contributed by atoms with van der Waals surface area (Å²) in [6.07, 6.45) is -0.718. The van der Waals surface area contributed by atoms with Gasteiger partial charge in [-0.15, -0.1) is 0 Å². The predicted octanol–water partition coefficient (Wildman–Crippen LogP) is 5.37. The third-order valence-corrected chi connectivity index (χ3v) is 8.00. The second kappa shape index (κ2) is 11.6. The van der Waals surface area contributed by atoms with E-state index in [-0.39, 0.29) is 37.0 Å². The first-order chi connectivity index (χ1) is 20.7. The maximum Gasteiger partial charge on any atom is 0.417 e. The summed E-state index contributed by atoms with van der Waals surface area (Å²) < 4.78 is 47.4. The molecule has 0 fully saturated rings. The molecule has 5 rings (SSSR count). The summed E-state index contributed by atoms with van der Waals surface area (Å²) in [6, 6.07) is 9.93. The number of rotatable bonds is 8. The van der Waals surface area contributed by atoms with E-state index in [1.54, 1.807) is 61.7 Å². The molecule has 1 aliphatic heterocycles. The molecule has 0 saturated heterocycles. The summed E-state index contributed by atoms with van der Waals surface area (Å²) in [5, 5.41) is 0.454. The lowest BCUT2D eigenvalue weighted by Gasteiger charge is -2.27. The topological polar surface area (TPSA) is 91.9 Å². The van der Waals surface area contributed by atoms with Crippen LogP contribution in [0.1, 0.15) is 43.2 Å². The summed E-state index contributed by atoms with van der Waals surface area (Å²) in [7, 11) is 1.63. The summed E-state index contributed by atoms with van der Waals surface area (Å²) in [4.78, 5) is 48.5. The van der Waals surface area contributed by atoms with E-state index in [2.05, 4.69) is 4.98 Å². The Labute approximate surface area is 252 Å². The molecule has 232 valence electrons. The smallest absolute Gasteiger partial charge is 0.417 e. The van der Waals surface area contributed by atoms with Crippen molar-refractivity contribution in [3.8, 4) is 0 Å². The fourth-order valence-corrected chi connectivity index (χ4v) is 5.63. The van der Waals surface area contributed by atoms with Gasteiger partial charge in [0, 0.05) is 58.4 Å². The SMILES string of the molecule is CCN1C(=O)C(C)(C)C(=O)N(C)c2cc(CN(CCn3ccc4oc(C)cc4c3=O)Cc3cncc(C(F)(F)F)c3)ccc21. The number of amides is 2. The van der Waals surface area contributed by atoms with E-state index in [1.165, 1.54) is 11.1 Å². The molecule has 0 bridgehead atoms. The molecule has 0 atom stereocenters. The average Bonchev–Trinajstić information content (AvgIpc) is 3.35. The molecular weight excluding hydrogens is 575 g/mol. The Bertz CT molecular complexity index is 1790. The Balaban J connectivity index is 1.48. The van der Waals surface area contributed by atoms with Crippen molar-refractivity contribution in [2.24, 2.45) is 5.41 Å². The molecule has 2 amide bonds. The van der Waals surface area contributed by atoms with Crippen LogP contribution in [0.25, 0.3) is 11.0 Å². The number of carbonyl (C=O) groups is 2. The number of aryl methyl sites for hydroxylation is 1. The first-order valence-electron chi connectivity index (χ1n) is 14.3. The molecule has 44 heavy (non-hydrogen) atoms. The lowest BCUT2D eigenvalue weighted by atomic mass is 9.90. The maximum absolute atomic E-state index is 13.4. The Morgan fingerprint density at radius 2 is 1.68 bits per heavy atom. The van der Waals surface area contributed by atoms with Crippen molar-refractivity contribution in [3.63, 3.8) is 0 Å². The van der Waals surface area contributed by atoms with Gasteiger partial charge in [0.2, 0.25) is 11.8 Å². The number of alkyl halides is 3. The van der Waals surface area contributed by atoms with E-state index in [4.69, 9.17) is 4.42 Å². The summed E-state index contributed by atoms with van der Waals surface area (Å²) in [6.45, 7) is 8.19. The normalized spacial score (nSPS) is 15.3. The van der Waals surface area contributed by atoms with Crippen LogP contribution in [0.2, 0.25) is 0 Å². The van der Waals surface area contributed by atoms with Gasteiger partial charge in [0.15, 0.2) is 0 Å². The zero-order chi connectivity index (χ0) is 32.0. The fourth-order valence-electron chi connectivity index (χ4n) is 5.63. The molecule has 12 heteroatoms. The Kier molecular flexibility index (Phi) is 8.15. The van der Waals surface area contributed by atoms with Crippen LogP contribution in [0.3, 0.4) is 0 Å². The highest BCUT2D eigenvalue weighted by Crippen LogP contribution is 2.39. The number of hydrogen-bond acceptors (Lipinski definition) is 6. The molecule has 9 nitrogen and oxygen atoms in total. The Morgan fingerprint density at radius 3 is 2.39 bits per heavy atom. The predicted molar refractivity (Wildman–Crippen MR) is 160 cm³/mol. The second-order valence-electron chi connectivity index (χ2n) is 11.6. The number of halogens is 3. The van der Waals surface area contributed by atoms with Gasteiger partial charge in [0.05, 0.1) is 22.3 Å². The minimum Gasteiger partial charge on any atom is -0.461 e. The summed E-state index contributed by atoms with van der Waals surface area (Å²) >= 11 is 0. The van der Waals surface area contributed by atoms with Gasteiger partial charge in [0.25, 0.3) is 5.56 Å². The van der Waals surface area contributed by atoms with E-state index in [9.17, 15) is 27.6 Å². The molecule has 0 unspecified atom stereocenters. The van der Waals surface area contributed by atoms with Gasteiger partial charge >= 0.3 is 6.18 Å². The van der Waals surface area contributed by atoms with Crippen LogP contribution >= 0.6 is 0 Å². The summed E-state index contributed by atoms with van der Waals surface area (Å²) in [5.74, 6) is -0.0165. The van der Waals surface area contributed by atoms with Crippen LogP contribution < -0.4 is 15.4 Å². The van der Waals surface area contributed by atoms with Crippen molar-refractivity contribution in [1.29, 1.82) is 0 Å². The van der Waals surface area contributed by atoms with Gasteiger partial charge in [-0.2, -0.15) is 13.2 Å². The number of furan rings is 1. The molecule has 0 saturated carbocycles. The van der Waals surface area contributed by atoms with Gasteiger partial charge in [-0.25, -0.2) is 0 Å². The number of nitrogens with zero attached hydrogens (tertiary/aromatic N) is 5. The number of fused-ring (bicyclic) bond motifs is 2. The third kappa shape index (κ3) is 5.86. The highest BCUT2D eigenvalue weighted by Gasteiger charge is 2.45. The highest BCUT2D eigenvalue weighted by molar-refractivity contribution is 6.19. The average molecular weight is 610 g/mol. The van der Waals surface area contributed by atoms with Gasteiger partial charge in [-0.3, -0.25) is 24.3 Å². The largest absolute Gasteiger partial charge is 0.461 e. The number of hydrogen-bond donors (Lipinski definition) is 0. The number of anilines is 2. The van der Waals surface area contributed by atoms with E-state index < -0.39 is 17.2 Å². The number of carbonyl (C=O) groups excluding carboxylic acids is 2. The quantitative estimate of drug-likeness (QED) is 0.250. The molecule has 0 spiro atoms. The number of benzene rings is 1. The van der Waals surface area contributed by atoms with E-state index >= 15 is 0 Å². The number of aromatic nitrogens is 2. The molecule has 4 aromatic rings. The monoisotopic (exact) mass is 609 g/mol. The molecule has 0 N–H and O–H groups in total. The van der Waals surface area contributed by atoms with Crippen LogP contribution in [-0.4, -0.2) is 46.4 Å². The minimum atomic E-state index is -4.54. The van der Waals surface area contributed by atoms with Gasteiger partial charge < -0.3 is 18.8 Å².